The molecule has 3 amide bonds. The molecule has 0 fully saturated rings. The predicted octanol–water partition coefficient (Wildman–Crippen LogP) is 6.70. The van der Waals surface area contributed by atoms with E-state index >= 15 is 0 Å². The van der Waals surface area contributed by atoms with Gasteiger partial charge < -0.3 is 20.7 Å². The van der Waals surface area contributed by atoms with Crippen molar-refractivity contribution in [2.45, 2.75) is 22.3 Å². The van der Waals surface area contributed by atoms with Gasteiger partial charge in [0.1, 0.15) is 10.9 Å². The molecule has 0 radical (unpaired) electrons. The van der Waals surface area contributed by atoms with Gasteiger partial charge in [0.25, 0.3) is 5.91 Å². The second kappa shape index (κ2) is 13.6. The molecule has 1 heterocycles. The molecule has 0 aliphatic rings. The zero-order valence-electron chi connectivity index (χ0n) is 21.7. The van der Waals surface area contributed by atoms with Crippen LogP contribution in [-0.4, -0.2) is 39.5 Å². The van der Waals surface area contributed by atoms with Gasteiger partial charge in [0.2, 0.25) is 9.84 Å². The highest BCUT2D eigenvalue weighted by Crippen LogP contribution is 2.31. The summed E-state index contributed by atoms with van der Waals surface area (Å²) in [7, 11) is -2.77. The molecule has 0 saturated carbocycles. The maximum Gasteiger partial charge on any atom is 0.328 e. The quantitative estimate of drug-likeness (QED) is 0.171. The fraction of sp³-hybridized carbons (Fsp3) is 0.107. The molecule has 1 aromatic heterocycles. The number of amides is 3. The lowest BCUT2D eigenvalue weighted by Gasteiger charge is -2.17. The Kier molecular flexibility index (Phi) is 10.1. The van der Waals surface area contributed by atoms with E-state index in [4.69, 9.17) is 39.5 Å². The van der Waals surface area contributed by atoms with Gasteiger partial charge in [0.15, 0.2) is 0 Å². The van der Waals surface area contributed by atoms with Crippen molar-refractivity contribution in [3.63, 3.8) is 0 Å². The van der Waals surface area contributed by atoms with Crippen LogP contribution in [0.1, 0.15) is 15.9 Å². The molecule has 0 saturated heterocycles. The first kappa shape index (κ1) is 31.3. The number of hydrogen-bond acceptors (Lipinski definition) is 7. The minimum atomic E-state index is -3.95. The molecule has 0 bridgehead atoms. The number of anilines is 2. The summed E-state index contributed by atoms with van der Waals surface area (Å²) >= 11 is 19.2. The van der Waals surface area contributed by atoms with Crippen LogP contribution >= 0.6 is 46.1 Å². The molecule has 4 rings (SSSR count). The van der Waals surface area contributed by atoms with Gasteiger partial charge in [-0.05, 0) is 54.1 Å². The number of methoxy groups -OCH3 is 1. The predicted molar refractivity (Wildman–Crippen MR) is 164 cm³/mol. The van der Waals surface area contributed by atoms with Gasteiger partial charge in [-0.15, -0.1) is 11.3 Å². The lowest BCUT2D eigenvalue weighted by atomic mass is 10.1. The smallest absolute Gasteiger partial charge is 0.328 e. The highest BCUT2D eigenvalue weighted by molar-refractivity contribution is 7.91. The van der Waals surface area contributed by atoms with Crippen LogP contribution in [0.3, 0.4) is 0 Å². The van der Waals surface area contributed by atoms with Crippen molar-refractivity contribution >= 4 is 85.3 Å². The van der Waals surface area contributed by atoms with Crippen molar-refractivity contribution in [3.05, 3.63) is 104 Å². The molecule has 218 valence electrons. The molecule has 1 unspecified atom stereocenters. The Morgan fingerprint density at radius 3 is 2.14 bits per heavy atom. The Hall–Kier alpha value is -3.61. The van der Waals surface area contributed by atoms with Gasteiger partial charge in [-0.2, -0.15) is 0 Å². The van der Waals surface area contributed by atoms with Gasteiger partial charge in [0.05, 0.1) is 33.3 Å². The average Bonchev–Trinajstić information content (AvgIpc) is 3.42. The molecule has 0 aliphatic carbocycles. The maximum absolute atomic E-state index is 13.1. The summed E-state index contributed by atoms with van der Waals surface area (Å²) in [6, 6.07) is 15.0. The van der Waals surface area contributed by atoms with Gasteiger partial charge in [-0.1, -0.05) is 53.0 Å². The molecule has 14 heteroatoms. The number of hydrogen-bond donors (Lipinski definition) is 3. The van der Waals surface area contributed by atoms with E-state index in [1.165, 1.54) is 42.1 Å². The van der Waals surface area contributed by atoms with E-state index in [9.17, 15) is 22.8 Å². The molecule has 42 heavy (non-hydrogen) atoms. The Labute approximate surface area is 260 Å². The van der Waals surface area contributed by atoms with Crippen LogP contribution in [0.5, 0.6) is 0 Å². The fourth-order valence-corrected chi connectivity index (χ4v) is 7.08. The minimum Gasteiger partial charge on any atom is -0.467 e. The number of halogens is 3. The highest BCUT2D eigenvalue weighted by Gasteiger charge is 2.26. The van der Waals surface area contributed by atoms with E-state index in [0.717, 1.165) is 11.3 Å². The van der Waals surface area contributed by atoms with Crippen LogP contribution in [0.15, 0.2) is 87.3 Å². The first-order valence-electron chi connectivity index (χ1n) is 12.1. The van der Waals surface area contributed by atoms with Crippen LogP contribution < -0.4 is 16.0 Å². The number of rotatable bonds is 9. The zero-order valence-corrected chi connectivity index (χ0v) is 25.6. The highest BCUT2D eigenvalue weighted by atomic mass is 35.5. The summed E-state index contributed by atoms with van der Waals surface area (Å²) in [6.45, 7) is 0. The van der Waals surface area contributed by atoms with Crippen LogP contribution in [0.4, 0.5) is 16.2 Å². The average molecular weight is 667 g/mol. The number of ether oxygens (including phenoxy) is 1. The van der Waals surface area contributed by atoms with Crippen molar-refractivity contribution in [1.82, 2.24) is 5.32 Å². The monoisotopic (exact) mass is 665 g/mol. The molecule has 1 atom stereocenters. The lowest BCUT2D eigenvalue weighted by Crippen LogP contribution is -2.45. The van der Waals surface area contributed by atoms with E-state index in [0.29, 0.717) is 16.3 Å². The molecule has 3 aromatic carbocycles. The second-order valence-electron chi connectivity index (χ2n) is 8.73. The third-order valence-corrected chi connectivity index (χ3v) is 9.50. The number of carbonyl (C=O) groups excluding carboxylic acids is 3. The maximum atomic E-state index is 13.1. The number of benzene rings is 3. The standard InChI is InChI=1S/C28H22Cl3N3O6S2/c1-40-27(36)22(13-16-5-9-18(10-6-16)32-26(35)25-20(30)3-2-4-21(25)31)33-28(37)34-23-14-41-15-24(23)42(38,39)19-11-7-17(29)8-12-19/h2-12,14-15,22H,13H2,1H3,(H,32,35)(H2,33,34,37). The normalized spacial score (nSPS) is 11.8. The summed E-state index contributed by atoms with van der Waals surface area (Å²) in [5.41, 5.74) is 1.28. The summed E-state index contributed by atoms with van der Waals surface area (Å²) in [5, 5.41) is 11.4. The molecule has 0 aliphatic heterocycles. The van der Waals surface area contributed by atoms with Crippen molar-refractivity contribution < 1.29 is 27.5 Å². The lowest BCUT2D eigenvalue weighted by molar-refractivity contribution is -0.142. The first-order chi connectivity index (χ1) is 20.0. The molecule has 3 N–H and O–H groups in total. The van der Waals surface area contributed by atoms with E-state index in [1.807, 2.05) is 0 Å². The topological polar surface area (TPSA) is 131 Å². The van der Waals surface area contributed by atoms with E-state index in [-0.39, 0.29) is 37.5 Å². The van der Waals surface area contributed by atoms with E-state index < -0.39 is 33.8 Å². The van der Waals surface area contributed by atoms with E-state index in [2.05, 4.69) is 16.0 Å². The number of urea groups is 1. The zero-order chi connectivity index (χ0) is 30.4. The second-order valence-corrected chi connectivity index (χ2v) is 12.6. The number of esters is 1. The number of thiophene rings is 1. The Balaban J connectivity index is 1.43. The van der Waals surface area contributed by atoms with Crippen molar-refractivity contribution in [2.75, 3.05) is 17.7 Å². The number of carbonyl (C=O) groups is 3. The molecule has 0 spiro atoms. The Morgan fingerprint density at radius 2 is 1.52 bits per heavy atom. The third kappa shape index (κ3) is 7.42. The summed E-state index contributed by atoms with van der Waals surface area (Å²) in [5.74, 6) is -1.20. The van der Waals surface area contributed by atoms with Gasteiger partial charge in [0, 0.05) is 27.9 Å². The van der Waals surface area contributed by atoms with Crippen LogP contribution in [0.2, 0.25) is 15.1 Å². The van der Waals surface area contributed by atoms with Crippen LogP contribution in [0, 0.1) is 0 Å². The van der Waals surface area contributed by atoms with Crippen LogP contribution in [0.25, 0.3) is 0 Å². The molecule has 9 nitrogen and oxygen atoms in total. The fourth-order valence-electron chi connectivity index (χ4n) is 3.85. The summed E-state index contributed by atoms with van der Waals surface area (Å²) < 4.78 is 31.1. The largest absolute Gasteiger partial charge is 0.467 e. The summed E-state index contributed by atoms with van der Waals surface area (Å²) in [6.07, 6.45) is 0.0459. The van der Waals surface area contributed by atoms with Gasteiger partial charge in [-0.25, -0.2) is 18.0 Å². The van der Waals surface area contributed by atoms with Crippen molar-refractivity contribution in [1.29, 1.82) is 0 Å². The van der Waals surface area contributed by atoms with Crippen molar-refractivity contribution in [2.24, 2.45) is 0 Å². The van der Waals surface area contributed by atoms with Crippen LogP contribution in [-0.2, 0) is 25.8 Å². The minimum absolute atomic E-state index is 0.01000. The van der Waals surface area contributed by atoms with Crippen molar-refractivity contribution in [3.8, 4) is 0 Å². The third-order valence-electron chi connectivity index (χ3n) is 5.92. The molecular weight excluding hydrogens is 645 g/mol. The first-order valence-corrected chi connectivity index (χ1v) is 15.6. The number of nitrogens with one attached hydrogen (secondary N) is 3. The summed E-state index contributed by atoms with van der Waals surface area (Å²) in [4.78, 5) is 37.9. The van der Waals surface area contributed by atoms with E-state index in [1.54, 1.807) is 42.5 Å². The molecular formula is C28H22Cl3N3O6S2. The Bertz CT molecular complexity index is 1710. The SMILES string of the molecule is COC(=O)C(Cc1ccc(NC(=O)c2c(Cl)cccc2Cl)cc1)NC(=O)Nc1cscc1S(=O)(=O)c1ccc(Cl)cc1. The van der Waals surface area contributed by atoms with Gasteiger partial charge in [-0.3, -0.25) is 4.79 Å². The Morgan fingerprint density at radius 1 is 0.881 bits per heavy atom. The number of sulfone groups is 1. The molecule has 4 aromatic rings. The van der Waals surface area contributed by atoms with Gasteiger partial charge >= 0.3 is 12.0 Å².